The molecule has 1 amide bonds. The molecule has 1 aromatic heterocycles. The van der Waals surface area contributed by atoms with Crippen molar-refractivity contribution in [2.24, 2.45) is 0 Å². The maximum Gasteiger partial charge on any atom is 0.290 e. The minimum atomic E-state index is -0.0569. The second-order valence-electron chi connectivity index (χ2n) is 6.71. The molecule has 1 fully saturated rings. The number of amides is 1. The first-order chi connectivity index (χ1) is 12.8. The molecule has 5 rings (SSSR count). The van der Waals surface area contributed by atoms with Gasteiger partial charge in [0, 0.05) is 11.9 Å². The highest BCUT2D eigenvalue weighted by molar-refractivity contribution is 5.96. The summed E-state index contributed by atoms with van der Waals surface area (Å²) in [5, 5.41) is 0.950. The minimum absolute atomic E-state index is 0.0338. The molecular weight excluding hydrogens is 330 g/mol. The molecule has 1 saturated heterocycles. The Kier molecular flexibility index (Phi) is 3.59. The van der Waals surface area contributed by atoms with Crippen molar-refractivity contribution in [3.63, 3.8) is 0 Å². The van der Waals surface area contributed by atoms with Gasteiger partial charge in [-0.2, -0.15) is 0 Å². The number of para-hydroxylation sites is 1. The van der Waals surface area contributed by atoms with Crippen LogP contribution in [0.1, 0.15) is 35.0 Å². The standard InChI is InChI=1S/C21H19NO4/c23-21(20-13-15-4-1-2-6-17(15)26-20)22-9-3-5-16(22)14-7-8-18-19(12-14)25-11-10-24-18/h1-2,4,6-8,12-13,16H,3,5,9-11H2/t16-/m1/s1. The summed E-state index contributed by atoms with van der Waals surface area (Å²) in [6, 6.07) is 15.5. The van der Waals surface area contributed by atoms with E-state index in [0.717, 1.165) is 47.4 Å². The predicted octanol–water partition coefficient (Wildman–Crippen LogP) is 4.18. The fraction of sp³-hybridized carbons (Fsp3) is 0.286. The Morgan fingerprint density at radius 3 is 2.73 bits per heavy atom. The van der Waals surface area contributed by atoms with Gasteiger partial charge in [0.05, 0.1) is 6.04 Å². The highest BCUT2D eigenvalue weighted by Gasteiger charge is 2.33. The van der Waals surface area contributed by atoms with Crippen LogP contribution in [0.25, 0.3) is 11.0 Å². The first-order valence-electron chi connectivity index (χ1n) is 8.99. The molecule has 2 aromatic carbocycles. The summed E-state index contributed by atoms with van der Waals surface area (Å²) in [5.74, 6) is 1.87. The molecule has 2 aliphatic rings. The monoisotopic (exact) mass is 349 g/mol. The molecule has 0 unspecified atom stereocenters. The molecule has 1 atom stereocenters. The van der Waals surface area contributed by atoms with E-state index in [1.807, 2.05) is 53.4 Å². The zero-order chi connectivity index (χ0) is 17.5. The van der Waals surface area contributed by atoms with Crippen molar-refractivity contribution in [3.05, 3.63) is 59.9 Å². The third-order valence-electron chi connectivity index (χ3n) is 5.10. The highest BCUT2D eigenvalue weighted by Crippen LogP contribution is 2.39. The summed E-state index contributed by atoms with van der Waals surface area (Å²) in [6.07, 6.45) is 1.91. The van der Waals surface area contributed by atoms with Crippen LogP contribution in [0.15, 0.2) is 52.9 Å². The van der Waals surface area contributed by atoms with E-state index >= 15 is 0 Å². The molecule has 3 aromatic rings. The number of hydrogen-bond donors (Lipinski definition) is 0. The molecule has 0 N–H and O–H groups in total. The van der Waals surface area contributed by atoms with Crippen molar-refractivity contribution in [3.8, 4) is 11.5 Å². The third-order valence-corrected chi connectivity index (χ3v) is 5.10. The lowest BCUT2D eigenvalue weighted by atomic mass is 10.0. The largest absolute Gasteiger partial charge is 0.486 e. The normalized spacial score (nSPS) is 19.1. The van der Waals surface area contributed by atoms with Gasteiger partial charge in [-0.3, -0.25) is 4.79 Å². The summed E-state index contributed by atoms with van der Waals surface area (Å²) in [6.45, 7) is 1.87. The van der Waals surface area contributed by atoms with Crippen LogP contribution < -0.4 is 9.47 Å². The number of ether oxygens (including phenoxy) is 2. The summed E-state index contributed by atoms with van der Waals surface area (Å²) < 4.78 is 17.1. The van der Waals surface area contributed by atoms with Gasteiger partial charge in [0.2, 0.25) is 0 Å². The number of likely N-dealkylation sites (tertiary alicyclic amines) is 1. The number of nitrogens with zero attached hydrogens (tertiary/aromatic N) is 1. The maximum atomic E-state index is 13.1. The fourth-order valence-electron chi connectivity index (χ4n) is 3.85. The smallest absolute Gasteiger partial charge is 0.290 e. The topological polar surface area (TPSA) is 51.9 Å². The van der Waals surface area contributed by atoms with E-state index in [0.29, 0.717) is 19.0 Å². The second-order valence-corrected chi connectivity index (χ2v) is 6.71. The fourth-order valence-corrected chi connectivity index (χ4v) is 3.85. The first kappa shape index (κ1) is 15.3. The van der Waals surface area contributed by atoms with Crippen molar-refractivity contribution in [1.82, 2.24) is 4.90 Å². The molecule has 5 heteroatoms. The molecule has 3 heterocycles. The van der Waals surface area contributed by atoms with Crippen LogP contribution in [0.5, 0.6) is 11.5 Å². The number of hydrogen-bond acceptors (Lipinski definition) is 4. The molecular formula is C21H19NO4. The van der Waals surface area contributed by atoms with Crippen molar-refractivity contribution >= 4 is 16.9 Å². The van der Waals surface area contributed by atoms with E-state index < -0.39 is 0 Å². The maximum absolute atomic E-state index is 13.1. The van der Waals surface area contributed by atoms with Gasteiger partial charge in [0.25, 0.3) is 5.91 Å². The molecule has 2 aliphatic heterocycles. The van der Waals surface area contributed by atoms with Crippen LogP contribution in [0.3, 0.4) is 0 Å². The first-order valence-corrected chi connectivity index (χ1v) is 8.99. The molecule has 0 bridgehead atoms. The van der Waals surface area contributed by atoms with Crippen LogP contribution in [0.2, 0.25) is 0 Å². The van der Waals surface area contributed by atoms with E-state index in [9.17, 15) is 4.79 Å². The van der Waals surface area contributed by atoms with Gasteiger partial charge in [-0.25, -0.2) is 0 Å². The van der Waals surface area contributed by atoms with Crippen molar-refractivity contribution < 1.29 is 18.7 Å². The lowest BCUT2D eigenvalue weighted by Crippen LogP contribution is -2.30. The Morgan fingerprint density at radius 1 is 1.00 bits per heavy atom. The van der Waals surface area contributed by atoms with E-state index in [1.54, 1.807) is 0 Å². The van der Waals surface area contributed by atoms with Gasteiger partial charge in [-0.15, -0.1) is 0 Å². The average molecular weight is 349 g/mol. The summed E-state index contributed by atoms with van der Waals surface area (Å²) in [4.78, 5) is 15.0. The predicted molar refractivity (Wildman–Crippen MR) is 96.7 cm³/mol. The van der Waals surface area contributed by atoms with E-state index in [1.165, 1.54) is 0 Å². The van der Waals surface area contributed by atoms with Crippen molar-refractivity contribution in [2.45, 2.75) is 18.9 Å². The van der Waals surface area contributed by atoms with Gasteiger partial charge < -0.3 is 18.8 Å². The second kappa shape index (κ2) is 6.09. The number of furan rings is 1. The summed E-state index contributed by atoms with van der Waals surface area (Å²) in [5.41, 5.74) is 1.82. The number of rotatable bonds is 2. The lowest BCUT2D eigenvalue weighted by molar-refractivity contribution is 0.0705. The summed E-state index contributed by atoms with van der Waals surface area (Å²) >= 11 is 0. The van der Waals surface area contributed by atoms with E-state index in [-0.39, 0.29) is 11.9 Å². The SMILES string of the molecule is O=C(c1cc2ccccc2o1)N1CCC[C@@H]1c1ccc2c(c1)OCCO2. The molecule has 26 heavy (non-hydrogen) atoms. The van der Waals surface area contributed by atoms with Crippen molar-refractivity contribution in [1.29, 1.82) is 0 Å². The van der Waals surface area contributed by atoms with Gasteiger partial charge in [0.15, 0.2) is 17.3 Å². The van der Waals surface area contributed by atoms with Crippen LogP contribution >= 0.6 is 0 Å². The quantitative estimate of drug-likeness (QED) is 0.696. The molecule has 0 radical (unpaired) electrons. The van der Waals surface area contributed by atoms with E-state index in [2.05, 4.69) is 0 Å². The van der Waals surface area contributed by atoms with Crippen molar-refractivity contribution in [2.75, 3.05) is 19.8 Å². The molecule has 132 valence electrons. The zero-order valence-corrected chi connectivity index (χ0v) is 14.3. The van der Waals surface area contributed by atoms with Gasteiger partial charge in [-0.1, -0.05) is 24.3 Å². The molecule has 0 spiro atoms. The number of carbonyl (C=O) groups excluding carboxylic acids is 1. The van der Waals surface area contributed by atoms with Gasteiger partial charge in [0.1, 0.15) is 18.8 Å². The molecule has 0 saturated carbocycles. The zero-order valence-electron chi connectivity index (χ0n) is 14.3. The molecule has 5 nitrogen and oxygen atoms in total. The Hall–Kier alpha value is -2.95. The van der Waals surface area contributed by atoms with Crippen LogP contribution in [0, 0.1) is 0 Å². The lowest BCUT2D eigenvalue weighted by Gasteiger charge is -2.26. The van der Waals surface area contributed by atoms with Crippen LogP contribution in [-0.2, 0) is 0 Å². The average Bonchev–Trinajstić information content (AvgIpc) is 3.34. The third kappa shape index (κ3) is 2.51. The van der Waals surface area contributed by atoms with Crippen LogP contribution in [-0.4, -0.2) is 30.6 Å². The Morgan fingerprint density at radius 2 is 1.85 bits per heavy atom. The number of benzene rings is 2. The highest BCUT2D eigenvalue weighted by atomic mass is 16.6. The molecule has 0 aliphatic carbocycles. The minimum Gasteiger partial charge on any atom is -0.486 e. The van der Waals surface area contributed by atoms with Gasteiger partial charge in [-0.05, 0) is 42.7 Å². The van der Waals surface area contributed by atoms with E-state index in [4.69, 9.17) is 13.9 Å². The van der Waals surface area contributed by atoms with Gasteiger partial charge >= 0.3 is 0 Å². The van der Waals surface area contributed by atoms with Crippen LogP contribution in [0.4, 0.5) is 0 Å². The Labute approximate surface area is 151 Å². The summed E-state index contributed by atoms with van der Waals surface area (Å²) in [7, 11) is 0. The Bertz CT molecular complexity index is 944. The number of fused-ring (bicyclic) bond motifs is 2. The number of carbonyl (C=O) groups is 1. The Balaban J connectivity index is 1.45.